The summed E-state index contributed by atoms with van der Waals surface area (Å²) in [5.74, 6) is 1.85. The Kier molecular flexibility index (Phi) is 4.82. The second-order valence-electron chi connectivity index (χ2n) is 7.68. The van der Waals surface area contributed by atoms with Crippen LogP contribution in [0.15, 0.2) is 35.8 Å². The first-order valence-corrected chi connectivity index (χ1v) is 11.1. The highest BCUT2D eigenvalue weighted by molar-refractivity contribution is 7.09. The number of carbonyl (C=O) groups excluding carboxylic acids is 1. The Morgan fingerprint density at radius 3 is 2.90 bits per heavy atom. The van der Waals surface area contributed by atoms with Crippen LogP contribution in [-0.2, 0) is 13.0 Å². The van der Waals surface area contributed by atoms with Gasteiger partial charge in [0.05, 0.1) is 17.8 Å². The highest BCUT2D eigenvalue weighted by Crippen LogP contribution is 2.33. The zero-order valence-corrected chi connectivity index (χ0v) is 18.2. The van der Waals surface area contributed by atoms with E-state index in [1.165, 1.54) is 4.88 Å². The Labute approximate surface area is 183 Å². The molecular formula is C22H23N7OS. The van der Waals surface area contributed by atoms with E-state index in [-0.39, 0.29) is 0 Å². The van der Waals surface area contributed by atoms with Gasteiger partial charge in [0.2, 0.25) is 0 Å². The molecule has 0 unspecified atom stereocenters. The number of aryl methyl sites for hydroxylation is 1. The lowest BCUT2D eigenvalue weighted by Crippen LogP contribution is -2.27. The van der Waals surface area contributed by atoms with Crippen LogP contribution in [0.25, 0.3) is 17.2 Å². The van der Waals surface area contributed by atoms with Crippen LogP contribution in [-0.4, -0.2) is 38.9 Å². The first-order valence-electron chi connectivity index (χ1n) is 10.2. The molecule has 0 fully saturated rings. The van der Waals surface area contributed by atoms with E-state index in [4.69, 9.17) is 15.7 Å². The van der Waals surface area contributed by atoms with Crippen molar-refractivity contribution < 1.29 is 4.79 Å². The maximum Gasteiger partial charge on any atom is 0.252 e. The van der Waals surface area contributed by atoms with E-state index in [0.717, 1.165) is 48.0 Å². The van der Waals surface area contributed by atoms with E-state index >= 15 is 0 Å². The van der Waals surface area contributed by atoms with Gasteiger partial charge in [0.15, 0.2) is 5.82 Å². The van der Waals surface area contributed by atoms with Crippen LogP contribution in [0.4, 0.5) is 11.6 Å². The minimum atomic E-state index is -0.508. The molecular weight excluding hydrogens is 410 g/mol. The number of nitrogens with one attached hydrogen (secondary N) is 1. The molecule has 0 radical (unpaired) electrons. The quantitative estimate of drug-likeness (QED) is 0.501. The van der Waals surface area contributed by atoms with Crippen LogP contribution in [0.1, 0.15) is 32.9 Å². The van der Waals surface area contributed by atoms with Crippen molar-refractivity contribution in [1.82, 2.24) is 19.4 Å². The Morgan fingerprint density at radius 1 is 1.26 bits per heavy atom. The number of imidazole rings is 1. The monoisotopic (exact) mass is 433 g/mol. The number of aromatic nitrogens is 4. The molecule has 0 atom stereocenters. The summed E-state index contributed by atoms with van der Waals surface area (Å²) in [6, 6.07) is 7.63. The molecule has 31 heavy (non-hydrogen) atoms. The van der Waals surface area contributed by atoms with Gasteiger partial charge < -0.3 is 16.0 Å². The van der Waals surface area contributed by atoms with Gasteiger partial charge >= 0.3 is 0 Å². The summed E-state index contributed by atoms with van der Waals surface area (Å²) in [5, 5.41) is 5.60. The van der Waals surface area contributed by atoms with Gasteiger partial charge in [0.25, 0.3) is 5.91 Å². The second kappa shape index (κ2) is 7.66. The van der Waals surface area contributed by atoms with E-state index in [1.54, 1.807) is 23.5 Å². The van der Waals surface area contributed by atoms with Crippen molar-refractivity contribution in [3.8, 4) is 11.5 Å². The summed E-state index contributed by atoms with van der Waals surface area (Å²) in [6.07, 6.45) is 3.86. The molecule has 0 saturated heterocycles. The molecule has 1 amide bonds. The van der Waals surface area contributed by atoms with Gasteiger partial charge in [0, 0.05) is 30.2 Å². The fraction of sp³-hybridized carbons (Fsp3) is 0.273. The topological polar surface area (TPSA) is 101 Å². The molecule has 0 aliphatic carbocycles. The van der Waals surface area contributed by atoms with Gasteiger partial charge in [0.1, 0.15) is 23.0 Å². The second-order valence-corrected chi connectivity index (χ2v) is 8.71. The van der Waals surface area contributed by atoms with Crippen molar-refractivity contribution in [1.29, 1.82) is 0 Å². The third-order valence-electron chi connectivity index (χ3n) is 5.58. The number of nitrogens with two attached hydrogens (primary N) is 1. The molecule has 4 aromatic rings. The predicted molar refractivity (Wildman–Crippen MR) is 123 cm³/mol. The zero-order chi connectivity index (χ0) is 21.5. The van der Waals surface area contributed by atoms with E-state index in [9.17, 15) is 4.79 Å². The van der Waals surface area contributed by atoms with Crippen LogP contribution in [0.2, 0.25) is 0 Å². The number of primary amides is 1. The van der Waals surface area contributed by atoms with E-state index in [0.29, 0.717) is 23.6 Å². The Bertz CT molecular complexity index is 1280. The molecule has 0 saturated carbocycles. The molecule has 8 nitrogen and oxygen atoms in total. The first-order chi connectivity index (χ1) is 15.0. The number of rotatable bonds is 5. The average Bonchev–Trinajstić information content (AvgIpc) is 3.39. The maximum absolute atomic E-state index is 11.9. The third-order valence-corrected chi connectivity index (χ3v) is 6.46. The number of carbonyl (C=O) groups is 1. The van der Waals surface area contributed by atoms with Crippen molar-refractivity contribution in [2.24, 2.45) is 5.73 Å². The minimum Gasteiger partial charge on any atom is -0.365 e. The number of hydrogen-bond acceptors (Lipinski definition) is 7. The largest absolute Gasteiger partial charge is 0.365 e. The average molecular weight is 434 g/mol. The molecule has 0 bridgehead atoms. The minimum absolute atomic E-state index is 0.378. The summed E-state index contributed by atoms with van der Waals surface area (Å²) in [7, 11) is 2.06. The van der Waals surface area contributed by atoms with Crippen molar-refractivity contribution >= 4 is 34.5 Å². The molecule has 3 N–H and O–H groups in total. The normalized spacial score (nSPS) is 13.4. The number of thiophene rings is 1. The zero-order valence-electron chi connectivity index (χ0n) is 17.4. The Morgan fingerprint density at radius 2 is 2.13 bits per heavy atom. The third kappa shape index (κ3) is 3.40. The van der Waals surface area contributed by atoms with Gasteiger partial charge in [-0.15, -0.1) is 11.3 Å². The molecule has 5 heterocycles. The van der Waals surface area contributed by atoms with Crippen LogP contribution < -0.4 is 16.0 Å². The summed E-state index contributed by atoms with van der Waals surface area (Å²) in [5.41, 5.74) is 9.10. The van der Waals surface area contributed by atoms with Crippen LogP contribution in [0.3, 0.4) is 0 Å². The lowest BCUT2D eigenvalue weighted by molar-refractivity contribution is 0.100. The van der Waals surface area contributed by atoms with Crippen LogP contribution in [0, 0.1) is 6.92 Å². The summed E-state index contributed by atoms with van der Waals surface area (Å²) in [6.45, 7) is 3.56. The van der Waals surface area contributed by atoms with Crippen molar-refractivity contribution in [2.75, 3.05) is 23.8 Å². The van der Waals surface area contributed by atoms with Gasteiger partial charge in [-0.25, -0.2) is 15.0 Å². The number of amides is 1. The number of fused-ring (bicyclic) bond motifs is 2. The van der Waals surface area contributed by atoms with E-state index in [2.05, 4.69) is 39.8 Å². The highest BCUT2D eigenvalue weighted by atomic mass is 32.1. The molecule has 0 spiro atoms. The highest BCUT2D eigenvalue weighted by Gasteiger charge is 2.24. The van der Waals surface area contributed by atoms with Crippen molar-refractivity contribution in [3.05, 3.63) is 57.5 Å². The van der Waals surface area contributed by atoms with E-state index in [1.807, 2.05) is 17.5 Å². The van der Waals surface area contributed by atoms with E-state index < -0.39 is 5.91 Å². The molecule has 5 rings (SSSR count). The van der Waals surface area contributed by atoms with Gasteiger partial charge in [-0.1, -0.05) is 6.07 Å². The number of anilines is 2. The van der Waals surface area contributed by atoms with Crippen LogP contribution in [0.5, 0.6) is 0 Å². The molecule has 158 valence electrons. The summed E-state index contributed by atoms with van der Waals surface area (Å²) in [4.78, 5) is 29.8. The van der Waals surface area contributed by atoms with Crippen molar-refractivity contribution in [2.45, 2.75) is 26.3 Å². The fourth-order valence-corrected chi connectivity index (χ4v) is 4.74. The maximum atomic E-state index is 11.9. The molecule has 1 aliphatic heterocycles. The number of hydrogen-bond donors (Lipinski definition) is 2. The Balaban J connectivity index is 1.67. The Hall–Kier alpha value is -3.46. The molecule has 9 heteroatoms. The van der Waals surface area contributed by atoms with Crippen molar-refractivity contribution in [3.63, 3.8) is 0 Å². The predicted octanol–water partition coefficient (Wildman–Crippen LogP) is 3.25. The fourth-order valence-electron chi connectivity index (χ4n) is 4.10. The van der Waals surface area contributed by atoms with Gasteiger partial charge in [-0.05, 0) is 43.3 Å². The summed E-state index contributed by atoms with van der Waals surface area (Å²) >= 11 is 1.72. The summed E-state index contributed by atoms with van der Waals surface area (Å²) < 4.78 is 1.85. The van der Waals surface area contributed by atoms with Gasteiger partial charge in [-0.3, -0.25) is 9.20 Å². The standard InChI is InChI=1S/C22H23N7OS/c1-13-17(29-10-4-7-15(18(23)30)22(29)25-13)20-26-19(24-12-14-6-5-11-31-14)16-8-3-9-28(2)21(16)27-20/h4-7,10-11H,3,8-9,12H2,1-2H3,(H2,23,30)(H,24,26,27). The smallest absolute Gasteiger partial charge is 0.252 e. The van der Waals surface area contributed by atoms with Crippen LogP contribution >= 0.6 is 11.3 Å². The molecule has 0 aromatic carbocycles. The lowest BCUT2D eigenvalue weighted by Gasteiger charge is -2.28. The number of pyridine rings is 1. The molecule has 1 aliphatic rings. The SMILES string of the molecule is Cc1nc2c(C(N)=O)cccn2c1-c1nc(NCc2cccs2)c2c(n1)N(C)CCC2. The van der Waals surface area contributed by atoms with Gasteiger partial charge in [-0.2, -0.15) is 0 Å². The first kappa shape index (κ1) is 19.5. The lowest BCUT2D eigenvalue weighted by atomic mass is 10.1. The number of nitrogens with zero attached hydrogens (tertiary/aromatic N) is 5. The molecule has 4 aromatic heterocycles.